The Morgan fingerprint density at radius 2 is 2.23 bits per heavy atom. The van der Waals surface area contributed by atoms with E-state index in [0.717, 1.165) is 17.0 Å². The molecule has 5 rings (SSSR count). The zero-order chi connectivity index (χ0) is 21.5. The molecular formula is C21H22N6O4. The molecule has 0 aromatic carbocycles. The van der Waals surface area contributed by atoms with Crippen molar-refractivity contribution in [2.24, 2.45) is 0 Å². The molecule has 5 heterocycles. The first-order valence-electron chi connectivity index (χ1n) is 10.1. The number of fused-ring (bicyclic) bond motifs is 2. The first-order chi connectivity index (χ1) is 15.1. The SMILES string of the molecule is CCOC(=O)c1cnn2c(NC)cc(-c3cnc4n([C@H]5COC[C@@H]5O)cccc3-4)nc12. The van der Waals surface area contributed by atoms with Crippen LogP contribution in [-0.2, 0) is 9.47 Å². The van der Waals surface area contributed by atoms with Gasteiger partial charge in [0.1, 0.15) is 23.3 Å². The lowest BCUT2D eigenvalue weighted by molar-refractivity contribution is 0.0528. The number of esters is 1. The van der Waals surface area contributed by atoms with Crippen LogP contribution in [0.1, 0.15) is 23.3 Å². The van der Waals surface area contributed by atoms with Gasteiger partial charge < -0.3 is 24.5 Å². The van der Waals surface area contributed by atoms with E-state index in [0.29, 0.717) is 35.9 Å². The number of nitrogens with one attached hydrogen (secondary N) is 1. The smallest absolute Gasteiger partial charge is 0.343 e. The summed E-state index contributed by atoms with van der Waals surface area (Å²) in [6.45, 7) is 2.76. The average molecular weight is 422 g/mol. The number of anilines is 1. The van der Waals surface area contributed by atoms with Crippen LogP contribution < -0.4 is 5.32 Å². The van der Waals surface area contributed by atoms with E-state index in [1.807, 2.05) is 29.0 Å². The van der Waals surface area contributed by atoms with E-state index in [2.05, 4.69) is 15.4 Å². The summed E-state index contributed by atoms with van der Waals surface area (Å²) >= 11 is 0. The number of carbonyl (C=O) groups excluding carboxylic acids is 1. The van der Waals surface area contributed by atoms with Gasteiger partial charge in [-0.15, -0.1) is 0 Å². The number of aliphatic hydroxyl groups is 1. The Balaban J connectivity index is 1.63. The molecule has 0 spiro atoms. The molecule has 0 bridgehead atoms. The van der Waals surface area contributed by atoms with Crippen LogP contribution in [0.25, 0.3) is 28.3 Å². The molecule has 160 valence electrons. The maximum Gasteiger partial charge on any atom is 0.343 e. The third kappa shape index (κ3) is 3.11. The molecule has 1 saturated heterocycles. The minimum atomic E-state index is -0.583. The highest BCUT2D eigenvalue weighted by Gasteiger charge is 2.30. The average Bonchev–Trinajstić information content (AvgIpc) is 3.50. The number of hydrogen-bond donors (Lipinski definition) is 2. The molecule has 2 aromatic rings. The van der Waals surface area contributed by atoms with Gasteiger partial charge in [-0.3, -0.25) is 0 Å². The molecule has 0 unspecified atom stereocenters. The van der Waals surface area contributed by atoms with E-state index >= 15 is 0 Å². The van der Waals surface area contributed by atoms with E-state index in [1.54, 1.807) is 24.7 Å². The predicted octanol–water partition coefficient (Wildman–Crippen LogP) is 1.85. The van der Waals surface area contributed by atoms with E-state index < -0.39 is 12.1 Å². The monoisotopic (exact) mass is 422 g/mol. The van der Waals surface area contributed by atoms with Gasteiger partial charge in [-0.2, -0.15) is 9.61 Å². The summed E-state index contributed by atoms with van der Waals surface area (Å²) in [5.74, 6) is 0.940. The van der Waals surface area contributed by atoms with Crippen molar-refractivity contribution >= 4 is 17.4 Å². The first kappa shape index (κ1) is 19.5. The molecule has 2 aromatic heterocycles. The standard InChI is InChI=1S/C21H22N6O4/c1-3-31-21(29)14-9-24-27-18(22-2)7-15(25-20(14)27)13-8-23-19-12(13)5-4-6-26(19)16-10-30-11-17(16)28/h4-9,16-17,22,28H,3,10-11H2,1-2H3/t16-,17-/m0/s1. The molecule has 0 aliphatic carbocycles. The lowest BCUT2D eigenvalue weighted by atomic mass is 10.1. The van der Waals surface area contributed by atoms with Crippen molar-refractivity contribution < 1.29 is 19.4 Å². The second-order valence-electron chi connectivity index (χ2n) is 7.29. The number of carbonyl (C=O) groups is 1. The van der Waals surface area contributed by atoms with Gasteiger partial charge in [-0.05, 0) is 19.1 Å². The Morgan fingerprint density at radius 3 is 2.97 bits per heavy atom. The van der Waals surface area contributed by atoms with Crippen molar-refractivity contribution in [2.75, 3.05) is 32.2 Å². The summed E-state index contributed by atoms with van der Waals surface area (Å²) in [7, 11) is 1.78. The Bertz CT molecular complexity index is 1230. The van der Waals surface area contributed by atoms with Crippen molar-refractivity contribution in [3.05, 3.63) is 42.4 Å². The summed E-state index contributed by atoms with van der Waals surface area (Å²) in [4.78, 5) is 21.7. The van der Waals surface area contributed by atoms with E-state index in [1.165, 1.54) is 6.20 Å². The van der Waals surface area contributed by atoms with Crippen LogP contribution in [0, 0.1) is 0 Å². The number of ether oxygens (including phenoxy) is 2. The van der Waals surface area contributed by atoms with Gasteiger partial charge >= 0.3 is 5.97 Å². The molecule has 3 aliphatic heterocycles. The van der Waals surface area contributed by atoms with Crippen LogP contribution in [0.3, 0.4) is 0 Å². The highest BCUT2D eigenvalue weighted by Crippen LogP contribution is 2.36. The molecule has 2 N–H and O–H groups in total. The molecule has 2 atom stereocenters. The van der Waals surface area contributed by atoms with Crippen LogP contribution in [0.5, 0.6) is 0 Å². The number of hydrogen-bond acceptors (Lipinski definition) is 8. The summed E-state index contributed by atoms with van der Waals surface area (Å²) in [5, 5.41) is 17.6. The Kier molecular flexibility index (Phi) is 4.79. The molecule has 0 amide bonds. The number of nitrogens with zero attached hydrogens (tertiary/aromatic N) is 5. The maximum absolute atomic E-state index is 12.4. The number of aliphatic hydroxyl groups excluding tert-OH is 1. The number of pyridine rings is 1. The topological polar surface area (TPSA) is 116 Å². The Morgan fingerprint density at radius 1 is 1.35 bits per heavy atom. The van der Waals surface area contributed by atoms with Gasteiger partial charge in [0.15, 0.2) is 5.65 Å². The van der Waals surface area contributed by atoms with E-state index in [-0.39, 0.29) is 12.6 Å². The largest absolute Gasteiger partial charge is 0.462 e. The normalized spacial score (nSPS) is 18.7. The summed E-state index contributed by atoms with van der Waals surface area (Å²) in [6, 6.07) is 5.54. The minimum absolute atomic E-state index is 0.194. The van der Waals surface area contributed by atoms with Crippen molar-refractivity contribution in [3.63, 3.8) is 0 Å². The highest BCUT2D eigenvalue weighted by atomic mass is 16.5. The molecule has 10 nitrogen and oxygen atoms in total. The zero-order valence-corrected chi connectivity index (χ0v) is 17.1. The van der Waals surface area contributed by atoms with E-state index in [4.69, 9.17) is 14.5 Å². The number of aromatic nitrogens is 5. The van der Waals surface area contributed by atoms with Crippen molar-refractivity contribution in [1.29, 1.82) is 0 Å². The molecule has 1 fully saturated rings. The third-order valence-electron chi connectivity index (χ3n) is 5.48. The molecule has 3 aliphatic rings. The molecule has 0 saturated carbocycles. The summed E-state index contributed by atoms with van der Waals surface area (Å²) in [6.07, 6.45) is 4.52. The lowest BCUT2D eigenvalue weighted by Gasteiger charge is -2.20. The zero-order valence-electron chi connectivity index (χ0n) is 17.1. The van der Waals surface area contributed by atoms with Crippen LogP contribution in [-0.4, -0.2) is 68.2 Å². The van der Waals surface area contributed by atoms with Crippen LogP contribution in [0.2, 0.25) is 0 Å². The van der Waals surface area contributed by atoms with Crippen LogP contribution >= 0.6 is 0 Å². The quantitative estimate of drug-likeness (QED) is 0.468. The second-order valence-corrected chi connectivity index (χ2v) is 7.29. The highest BCUT2D eigenvalue weighted by molar-refractivity contribution is 5.96. The fourth-order valence-corrected chi connectivity index (χ4v) is 3.96. The predicted molar refractivity (Wildman–Crippen MR) is 112 cm³/mol. The van der Waals surface area contributed by atoms with Gasteiger partial charge in [0.2, 0.25) is 0 Å². The van der Waals surface area contributed by atoms with Crippen LogP contribution in [0.15, 0.2) is 36.8 Å². The summed E-state index contributed by atoms with van der Waals surface area (Å²) in [5.41, 5.74) is 3.04. The maximum atomic E-state index is 12.4. The van der Waals surface area contributed by atoms with Gasteiger partial charge in [0.05, 0.1) is 37.8 Å². The minimum Gasteiger partial charge on any atom is -0.462 e. The van der Waals surface area contributed by atoms with Gasteiger partial charge in [0, 0.05) is 36.6 Å². The van der Waals surface area contributed by atoms with Crippen LogP contribution in [0.4, 0.5) is 5.82 Å². The molecule has 31 heavy (non-hydrogen) atoms. The van der Waals surface area contributed by atoms with Crippen molar-refractivity contribution in [1.82, 2.24) is 24.1 Å². The molecule has 10 heteroatoms. The number of rotatable bonds is 5. The second kappa shape index (κ2) is 7.64. The third-order valence-corrected chi connectivity index (χ3v) is 5.48. The van der Waals surface area contributed by atoms with Gasteiger partial charge in [-0.25, -0.2) is 14.8 Å². The lowest BCUT2D eigenvalue weighted by Crippen LogP contribution is -2.23. The summed E-state index contributed by atoms with van der Waals surface area (Å²) < 4.78 is 14.1. The van der Waals surface area contributed by atoms with Crippen molar-refractivity contribution in [2.45, 2.75) is 19.1 Å². The van der Waals surface area contributed by atoms with Crippen molar-refractivity contribution in [3.8, 4) is 22.6 Å². The van der Waals surface area contributed by atoms with Gasteiger partial charge in [-0.1, -0.05) is 0 Å². The Labute approximate surface area is 177 Å². The fourth-order valence-electron chi connectivity index (χ4n) is 3.96. The van der Waals surface area contributed by atoms with E-state index in [9.17, 15) is 9.90 Å². The Hall–Kier alpha value is -3.50. The molecule has 0 radical (unpaired) electrons. The first-order valence-corrected chi connectivity index (χ1v) is 10.1. The van der Waals surface area contributed by atoms with Gasteiger partial charge in [0.25, 0.3) is 0 Å². The fraction of sp³-hybridized carbons (Fsp3) is 0.333. The molecular weight excluding hydrogens is 400 g/mol.